The molecule has 0 saturated carbocycles. The van der Waals surface area contributed by atoms with Crippen LogP contribution in [-0.4, -0.2) is 38.9 Å². The number of benzene rings is 1. The highest BCUT2D eigenvalue weighted by atomic mass is 32.2. The number of carbonyl (C=O) groups excluding carboxylic acids is 1. The second-order valence-corrected chi connectivity index (χ2v) is 6.63. The standard InChI is InChI=1S/C12H16N2O3S/c1-13-12(15)9-2-4-10(5-3-9)14-11-6-7-18(16,17)8-11/h2-5,11,14H,6-8H2,1H3,(H,13,15). The second kappa shape index (κ2) is 4.97. The zero-order chi connectivity index (χ0) is 13.2. The summed E-state index contributed by atoms with van der Waals surface area (Å²) in [6.07, 6.45) is 0.638. The molecule has 0 bridgehead atoms. The number of hydrogen-bond acceptors (Lipinski definition) is 4. The molecule has 1 amide bonds. The van der Waals surface area contributed by atoms with E-state index in [1.807, 2.05) is 0 Å². The van der Waals surface area contributed by atoms with Crippen molar-refractivity contribution in [2.45, 2.75) is 12.5 Å². The summed E-state index contributed by atoms with van der Waals surface area (Å²) in [5, 5.41) is 5.72. The molecule has 1 unspecified atom stereocenters. The molecule has 2 rings (SSSR count). The Balaban J connectivity index is 2.01. The van der Waals surface area contributed by atoms with Crippen LogP contribution in [0.3, 0.4) is 0 Å². The van der Waals surface area contributed by atoms with Crippen molar-refractivity contribution in [2.75, 3.05) is 23.9 Å². The van der Waals surface area contributed by atoms with Crippen LogP contribution in [0, 0.1) is 0 Å². The molecule has 0 aliphatic carbocycles. The van der Waals surface area contributed by atoms with Gasteiger partial charge in [-0.15, -0.1) is 0 Å². The normalized spacial score (nSPS) is 21.5. The highest BCUT2D eigenvalue weighted by molar-refractivity contribution is 7.91. The van der Waals surface area contributed by atoms with Gasteiger partial charge in [-0.1, -0.05) is 0 Å². The van der Waals surface area contributed by atoms with Gasteiger partial charge in [-0.25, -0.2) is 8.42 Å². The van der Waals surface area contributed by atoms with Crippen LogP contribution in [0.25, 0.3) is 0 Å². The van der Waals surface area contributed by atoms with E-state index in [0.717, 1.165) is 5.69 Å². The van der Waals surface area contributed by atoms with Gasteiger partial charge in [0.25, 0.3) is 5.91 Å². The maximum absolute atomic E-state index is 11.3. The summed E-state index contributed by atoms with van der Waals surface area (Å²) in [6, 6.07) is 6.97. The first-order valence-electron chi connectivity index (χ1n) is 5.79. The molecule has 1 aromatic rings. The van der Waals surface area contributed by atoms with Gasteiger partial charge in [-0.05, 0) is 30.7 Å². The molecule has 2 N–H and O–H groups in total. The predicted octanol–water partition coefficient (Wildman–Crippen LogP) is 0.645. The first-order chi connectivity index (χ1) is 8.50. The molecule has 1 fully saturated rings. The lowest BCUT2D eigenvalue weighted by molar-refractivity contribution is 0.0963. The third kappa shape index (κ3) is 3.01. The highest BCUT2D eigenvalue weighted by Gasteiger charge is 2.27. The molecule has 1 heterocycles. The van der Waals surface area contributed by atoms with Crippen molar-refractivity contribution in [3.05, 3.63) is 29.8 Å². The Hall–Kier alpha value is -1.56. The molecule has 0 radical (unpaired) electrons. The van der Waals surface area contributed by atoms with E-state index in [1.54, 1.807) is 31.3 Å². The number of carbonyl (C=O) groups is 1. The number of nitrogens with one attached hydrogen (secondary N) is 2. The van der Waals surface area contributed by atoms with Crippen molar-refractivity contribution in [1.82, 2.24) is 5.32 Å². The lowest BCUT2D eigenvalue weighted by atomic mass is 10.1. The Bertz CT molecular complexity index is 537. The fraction of sp³-hybridized carbons (Fsp3) is 0.417. The SMILES string of the molecule is CNC(=O)c1ccc(NC2CCS(=O)(=O)C2)cc1. The maximum Gasteiger partial charge on any atom is 0.251 e. The summed E-state index contributed by atoms with van der Waals surface area (Å²) in [4.78, 5) is 11.3. The van der Waals surface area contributed by atoms with Crippen LogP contribution in [0.4, 0.5) is 5.69 Å². The number of rotatable bonds is 3. The van der Waals surface area contributed by atoms with Crippen molar-refractivity contribution < 1.29 is 13.2 Å². The summed E-state index contributed by atoms with van der Waals surface area (Å²) in [7, 11) is -1.29. The van der Waals surface area contributed by atoms with E-state index in [-0.39, 0.29) is 23.5 Å². The quantitative estimate of drug-likeness (QED) is 0.844. The van der Waals surface area contributed by atoms with Gasteiger partial charge in [-0.3, -0.25) is 4.79 Å². The minimum Gasteiger partial charge on any atom is -0.381 e. The topological polar surface area (TPSA) is 75.3 Å². The van der Waals surface area contributed by atoms with Crippen LogP contribution in [0.15, 0.2) is 24.3 Å². The molecular formula is C12H16N2O3S. The minimum atomic E-state index is -2.87. The lowest BCUT2D eigenvalue weighted by Crippen LogP contribution is -2.21. The Labute approximate surface area is 107 Å². The van der Waals surface area contributed by atoms with E-state index >= 15 is 0 Å². The Morgan fingerprint density at radius 1 is 1.28 bits per heavy atom. The molecule has 0 aromatic heterocycles. The predicted molar refractivity (Wildman–Crippen MR) is 70.5 cm³/mol. The Kier molecular flexibility index (Phi) is 3.56. The Morgan fingerprint density at radius 3 is 2.44 bits per heavy atom. The van der Waals surface area contributed by atoms with E-state index in [0.29, 0.717) is 12.0 Å². The molecule has 5 nitrogen and oxygen atoms in total. The molecule has 1 saturated heterocycles. The van der Waals surface area contributed by atoms with E-state index in [1.165, 1.54) is 0 Å². The van der Waals surface area contributed by atoms with Crippen LogP contribution in [-0.2, 0) is 9.84 Å². The molecule has 18 heavy (non-hydrogen) atoms. The monoisotopic (exact) mass is 268 g/mol. The molecule has 6 heteroatoms. The number of anilines is 1. The largest absolute Gasteiger partial charge is 0.381 e. The van der Waals surface area contributed by atoms with E-state index in [4.69, 9.17) is 0 Å². The number of hydrogen-bond donors (Lipinski definition) is 2. The van der Waals surface area contributed by atoms with Crippen molar-refractivity contribution >= 4 is 21.4 Å². The first-order valence-corrected chi connectivity index (χ1v) is 7.61. The molecule has 0 spiro atoms. The van der Waals surface area contributed by atoms with Crippen molar-refractivity contribution in [3.63, 3.8) is 0 Å². The fourth-order valence-electron chi connectivity index (χ4n) is 2.01. The van der Waals surface area contributed by atoms with Crippen molar-refractivity contribution in [2.24, 2.45) is 0 Å². The van der Waals surface area contributed by atoms with E-state index in [2.05, 4.69) is 10.6 Å². The molecule has 1 aliphatic rings. The lowest BCUT2D eigenvalue weighted by Gasteiger charge is -2.12. The van der Waals surface area contributed by atoms with Crippen LogP contribution in [0.5, 0.6) is 0 Å². The van der Waals surface area contributed by atoms with Crippen molar-refractivity contribution in [3.8, 4) is 0 Å². The third-order valence-electron chi connectivity index (χ3n) is 2.98. The van der Waals surface area contributed by atoms with E-state index in [9.17, 15) is 13.2 Å². The summed E-state index contributed by atoms with van der Waals surface area (Å²) in [5.41, 5.74) is 1.42. The number of sulfone groups is 1. The maximum atomic E-state index is 11.3. The molecule has 98 valence electrons. The number of amides is 1. The second-order valence-electron chi connectivity index (χ2n) is 4.40. The van der Waals surface area contributed by atoms with Gasteiger partial charge in [0.2, 0.25) is 0 Å². The van der Waals surface area contributed by atoms with Gasteiger partial charge < -0.3 is 10.6 Å². The van der Waals surface area contributed by atoms with Crippen LogP contribution in [0.1, 0.15) is 16.8 Å². The van der Waals surface area contributed by atoms with E-state index < -0.39 is 9.84 Å². The fourth-order valence-corrected chi connectivity index (χ4v) is 3.68. The third-order valence-corrected chi connectivity index (χ3v) is 4.75. The average Bonchev–Trinajstić information content (AvgIpc) is 2.68. The minimum absolute atomic E-state index is 0.0270. The van der Waals surface area contributed by atoms with Gasteiger partial charge in [0.15, 0.2) is 9.84 Å². The van der Waals surface area contributed by atoms with Crippen LogP contribution >= 0.6 is 0 Å². The summed E-state index contributed by atoms with van der Waals surface area (Å²) >= 11 is 0. The molecule has 1 atom stereocenters. The molecule has 1 aromatic carbocycles. The molecular weight excluding hydrogens is 252 g/mol. The smallest absolute Gasteiger partial charge is 0.251 e. The Morgan fingerprint density at radius 2 is 1.94 bits per heavy atom. The van der Waals surface area contributed by atoms with Gasteiger partial charge in [0.05, 0.1) is 11.5 Å². The average molecular weight is 268 g/mol. The summed E-state index contributed by atoms with van der Waals surface area (Å²) in [6.45, 7) is 0. The van der Waals surface area contributed by atoms with Crippen molar-refractivity contribution in [1.29, 1.82) is 0 Å². The van der Waals surface area contributed by atoms with Crippen LogP contribution in [0.2, 0.25) is 0 Å². The highest BCUT2D eigenvalue weighted by Crippen LogP contribution is 2.17. The summed E-state index contributed by atoms with van der Waals surface area (Å²) in [5.74, 6) is 0.301. The zero-order valence-corrected chi connectivity index (χ0v) is 11.0. The van der Waals surface area contributed by atoms with Gasteiger partial charge in [0.1, 0.15) is 0 Å². The molecule has 1 aliphatic heterocycles. The van der Waals surface area contributed by atoms with Crippen LogP contribution < -0.4 is 10.6 Å². The van der Waals surface area contributed by atoms with Gasteiger partial charge >= 0.3 is 0 Å². The van der Waals surface area contributed by atoms with Gasteiger partial charge in [-0.2, -0.15) is 0 Å². The van der Waals surface area contributed by atoms with Gasteiger partial charge in [0, 0.05) is 24.3 Å². The summed E-state index contributed by atoms with van der Waals surface area (Å²) < 4.78 is 22.6. The first kappa shape index (κ1) is 12.9. The zero-order valence-electron chi connectivity index (χ0n) is 10.1.